The number of rotatable bonds is 4. The molecule has 0 radical (unpaired) electrons. The monoisotopic (exact) mass is 370 g/mol. The number of sulfonamides is 1. The van der Waals surface area contributed by atoms with Gasteiger partial charge >= 0.3 is 0 Å². The third-order valence-corrected chi connectivity index (χ3v) is 6.13. The average molecular weight is 370 g/mol. The van der Waals surface area contributed by atoms with Crippen LogP contribution in [0.3, 0.4) is 0 Å². The van der Waals surface area contributed by atoms with Crippen LogP contribution in [0.2, 0.25) is 0 Å². The van der Waals surface area contributed by atoms with Crippen molar-refractivity contribution in [2.75, 3.05) is 11.9 Å². The van der Waals surface area contributed by atoms with Gasteiger partial charge in [0.05, 0.1) is 17.5 Å². The van der Waals surface area contributed by atoms with Crippen molar-refractivity contribution in [2.24, 2.45) is 11.1 Å². The number of hydrogen-bond acceptors (Lipinski definition) is 4. The van der Waals surface area contributed by atoms with Crippen LogP contribution >= 0.6 is 0 Å². The molecule has 136 valence electrons. The summed E-state index contributed by atoms with van der Waals surface area (Å²) >= 11 is 0. The Morgan fingerprint density at radius 2 is 2.00 bits per heavy atom. The quantitative estimate of drug-likeness (QED) is 0.807. The van der Waals surface area contributed by atoms with Crippen LogP contribution in [0.15, 0.2) is 59.5 Å². The minimum Gasteiger partial charge on any atom is -0.494 e. The fourth-order valence-electron chi connectivity index (χ4n) is 4.08. The predicted molar refractivity (Wildman–Crippen MR) is 102 cm³/mol. The van der Waals surface area contributed by atoms with Crippen molar-refractivity contribution in [1.29, 1.82) is 0 Å². The van der Waals surface area contributed by atoms with E-state index in [0.717, 1.165) is 29.0 Å². The average Bonchev–Trinajstić information content (AvgIpc) is 3.11. The summed E-state index contributed by atoms with van der Waals surface area (Å²) in [6.45, 7) is 2.60. The fraction of sp³-hybridized carbons (Fsp3) is 0.300. The Kier molecular flexibility index (Phi) is 4.25. The Bertz CT molecular complexity index is 969. The Hall–Kier alpha value is -2.31. The van der Waals surface area contributed by atoms with Crippen molar-refractivity contribution in [3.8, 4) is 5.75 Å². The molecular weight excluding hydrogens is 348 g/mol. The fourth-order valence-corrected chi connectivity index (χ4v) is 4.63. The van der Waals surface area contributed by atoms with E-state index < -0.39 is 10.0 Å². The van der Waals surface area contributed by atoms with E-state index >= 15 is 0 Å². The van der Waals surface area contributed by atoms with Crippen molar-refractivity contribution < 1.29 is 13.2 Å². The third-order valence-electron chi connectivity index (χ3n) is 5.22. The van der Waals surface area contributed by atoms with E-state index in [9.17, 15) is 8.42 Å². The zero-order valence-electron chi connectivity index (χ0n) is 14.6. The van der Waals surface area contributed by atoms with E-state index in [2.05, 4.69) is 23.5 Å². The molecule has 0 aromatic heterocycles. The van der Waals surface area contributed by atoms with Crippen LogP contribution in [0.5, 0.6) is 5.75 Å². The standard InChI is InChI=1S/C20H22N2O3S/c1-2-25-19-9-4-3-6-16(19)20-15-8-5-7-14(15)17-12-13(26(21,23)24)10-11-18(17)22-20/h3-7,9-12,14-15,20,22H,2,8H2,1H3,(H2,21,23,24). The van der Waals surface area contributed by atoms with Gasteiger partial charge in [0.2, 0.25) is 10.0 Å². The molecule has 0 amide bonds. The molecule has 3 unspecified atom stereocenters. The van der Waals surface area contributed by atoms with Crippen molar-refractivity contribution in [3.05, 3.63) is 65.7 Å². The second-order valence-corrected chi connectivity index (χ2v) is 8.30. The summed E-state index contributed by atoms with van der Waals surface area (Å²) in [4.78, 5) is 0.158. The predicted octanol–water partition coefficient (Wildman–Crippen LogP) is 3.56. The van der Waals surface area contributed by atoms with Crippen LogP contribution in [0.1, 0.15) is 36.4 Å². The Morgan fingerprint density at radius 3 is 2.77 bits per heavy atom. The van der Waals surface area contributed by atoms with Crippen molar-refractivity contribution in [1.82, 2.24) is 0 Å². The van der Waals surface area contributed by atoms with Crippen LogP contribution < -0.4 is 15.2 Å². The van der Waals surface area contributed by atoms with Gasteiger partial charge in [-0.2, -0.15) is 0 Å². The Balaban J connectivity index is 1.79. The molecule has 3 N–H and O–H groups in total. The van der Waals surface area contributed by atoms with Gasteiger partial charge in [-0.15, -0.1) is 0 Å². The highest BCUT2D eigenvalue weighted by molar-refractivity contribution is 7.89. The van der Waals surface area contributed by atoms with E-state index in [1.54, 1.807) is 12.1 Å². The number of benzene rings is 2. The molecule has 0 spiro atoms. The maximum atomic E-state index is 11.7. The van der Waals surface area contributed by atoms with Crippen molar-refractivity contribution in [2.45, 2.75) is 30.2 Å². The van der Waals surface area contributed by atoms with E-state index in [1.807, 2.05) is 31.2 Å². The smallest absolute Gasteiger partial charge is 0.238 e. The summed E-state index contributed by atoms with van der Waals surface area (Å²) in [6.07, 6.45) is 5.28. The van der Waals surface area contributed by atoms with Crippen LogP contribution in [0.25, 0.3) is 0 Å². The van der Waals surface area contributed by atoms with Gasteiger partial charge < -0.3 is 10.1 Å². The largest absolute Gasteiger partial charge is 0.494 e. The first-order valence-electron chi connectivity index (χ1n) is 8.80. The first kappa shape index (κ1) is 17.1. The number of para-hydroxylation sites is 1. The second-order valence-electron chi connectivity index (χ2n) is 6.74. The molecule has 6 heteroatoms. The number of hydrogen-bond donors (Lipinski definition) is 2. The van der Waals surface area contributed by atoms with Crippen LogP contribution in [0.4, 0.5) is 5.69 Å². The third kappa shape index (κ3) is 2.89. The van der Waals surface area contributed by atoms with Crippen LogP contribution in [-0.2, 0) is 10.0 Å². The lowest BCUT2D eigenvalue weighted by atomic mass is 9.77. The van der Waals surface area contributed by atoms with Gasteiger partial charge in [-0.1, -0.05) is 30.4 Å². The first-order chi connectivity index (χ1) is 12.5. The summed E-state index contributed by atoms with van der Waals surface area (Å²) in [7, 11) is -3.72. The molecule has 2 aromatic rings. The molecule has 26 heavy (non-hydrogen) atoms. The normalized spacial score (nSPS) is 23.8. The van der Waals surface area contributed by atoms with Gasteiger partial charge in [-0.05, 0) is 49.1 Å². The summed E-state index contributed by atoms with van der Waals surface area (Å²) in [5.74, 6) is 1.36. The summed E-state index contributed by atoms with van der Waals surface area (Å²) < 4.78 is 29.3. The van der Waals surface area contributed by atoms with Crippen molar-refractivity contribution >= 4 is 15.7 Å². The van der Waals surface area contributed by atoms with E-state index in [-0.39, 0.29) is 16.9 Å². The second kappa shape index (κ2) is 6.45. The topological polar surface area (TPSA) is 81.4 Å². The molecule has 2 aromatic carbocycles. The Labute approximate surface area is 153 Å². The number of ether oxygens (including phenoxy) is 1. The number of anilines is 1. The van der Waals surface area contributed by atoms with Gasteiger partial charge in [-0.3, -0.25) is 0 Å². The summed E-state index contributed by atoms with van der Waals surface area (Å²) in [5, 5.41) is 8.92. The van der Waals surface area contributed by atoms with Crippen molar-refractivity contribution in [3.63, 3.8) is 0 Å². The van der Waals surface area contributed by atoms with E-state index in [0.29, 0.717) is 12.5 Å². The van der Waals surface area contributed by atoms with Gasteiger partial charge in [0, 0.05) is 17.2 Å². The summed E-state index contributed by atoms with van der Waals surface area (Å²) in [6, 6.07) is 13.3. The van der Waals surface area contributed by atoms with E-state index in [4.69, 9.17) is 9.88 Å². The lowest BCUT2D eigenvalue weighted by Gasteiger charge is -2.38. The van der Waals surface area contributed by atoms with Crippen LogP contribution in [-0.4, -0.2) is 15.0 Å². The lowest BCUT2D eigenvalue weighted by molar-refractivity contribution is 0.326. The molecule has 3 atom stereocenters. The van der Waals surface area contributed by atoms with Crippen LogP contribution in [0, 0.1) is 5.92 Å². The van der Waals surface area contributed by atoms with Gasteiger partial charge in [0.15, 0.2) is 0 Å². The molecule has 0 bridgehead atoms. The minimum atomic E-state index is -3.72. The lowest BCUT2D eigenvalue weighted by Crippen LogP contribution is -2.29. The van der Waals surface area contributed by atoms with Gasteiger partial charge in [0.25, 0.3) is 0 Å². The number of nitrogens with one attached hydrogen (secondary N) is 1. The zero-order valence-corrected chi connectivity index (χ0v) is 15.4. The number of allylic oxidation sites excluding steroid dienone is 2. The Morgan fingerprint density at radius 1 is 1.19 bits per heavy atom. The first-order valence-corrected chi connectivity index (χ1v) is 10.4. The molecule has 1 heterocycles. The highest BCUT2D eigenvalue weighted by Crippen LogP contribution is 2.51. The number of primary sulfonamides is 1. The highest BCUT2D eigenvalue weighted by atomic mass is 32.2. The molecule has 0 fully saturated rings. The van der Waals surface area contributed by atoms with Gasteiger partial charge in [0.1, 0.15) is 5.75 Å². The molecule has 0 saturated heterocycles. The number of fused-ring (bicyclic) bond motifs is 3. The molecule has 0 saturated carbocycles. The SMILES string of the molecule is CCOc1ccccc1C1Nc2ccc(S(N)(=O)=O)cc2C2C=CCC21. The molecular formula is C20H22N2O3S. The number of nitrogens with two attached hydrogens (primary N) is 1. The molecule has 5 nitrogen and oxygen atoms in total. The zero-order chi connectivity index (χ0) is 18.3. The maximum absolute atomic E-state index is 11.7. The van der Waals surface area contributed by atoms with E-state index in [1.165, 1.54) is 0 Å². The minimum absolute atomic E-state index is 0.102. The molecule has 2 aliphatic rings. The van der Waals surface area contributed by atoms with Gasteiger partial charge in [-0.25, -0.2) is 13.6 Å². The molecule has 1 aliphatic heterocycles. The summed E-state index contributed by atoms with van der Waals surface area (Å²) in [5.41, 5.74) is 3.07. The molecule has 4 rings (SSSR count). The molecule has 1 aliphatic carbocycles. The maximum Gasteiger partial charge on any atom is 0.238 e. The highest BCUT2D eigenvalue weighted by Gasteiger charge is 2.39.